The van der Waals surface area contributed by atoms with Crippen molar-refractivity contribution >= 4 is 27.8 Å². The number of piperidine rings is 1. The minimum absolute atomic E-state index is 0.0308. The van der Waals surface area contributed by atoms with Crippen LogP contribution in [-0.4, -0.2) is 65.4 Å². The molecule has 11 heteroatoms. The number of hydrogen-bond acceptors (Lipinski definition) is 6. The van der Waals surface area contributed by atoms with Gasteiger partial charge >= 0.3 is 0 Å². The molecule has 1 saturated heterocycles. The van der Waals surface area contributed by atoms with E-state index in [0.717, 1.165) is 47.4 Å². The van der Waals surface area contributed by atoms with Gasteiger partial charge < -0.3 is 24.5 Å². The highest BCUT2D eigenvalue weighted by Crippen LogP contribution is 2.41. The molecule has 1 amide bonds. The van der Waals surface area contributed by atoms with Crippen molar-refractivity contribution in [1.29, 1.82) is 0 Å². The van der Waals surface area contributed by atoms with E-state index in [4.69, 9.17) is 15.5 Å². The van der Waals surface area contributed by atoms with Gasteiger partial charge in [0.15, 0.2) is 5.82 Å². The number of hydrogen-bond donors (Lipinski definition) is 1. The van der Waals surface area contributed by atoms with Crippen molar-refractivity contribution in [2.45, 2.75) is 50.9 Å². The number of benzene rings is 2. The number of imidazole rings is 1. The highest BCUT2D eigenvalue weighted by atomic mass is 19.1. The molecule has 3 atom stereocenters. The molecule has 4 aromatic heterocycles. The van der Waals surface area contributed by atoms with Gasteiger partial charge in [0.2, 0.25) is 0 Å². The van der Waals surface area contributed by atoms with Crippen molar-refractivity contribution in [2.24, 2.45) is 17.6 Å². The van der Waals surface area contributed by atoms with Crippen LogP contribution in [0.3, 0.4) is 0 Å². The van der Waals surface area contributed by atoms with Crippen LogP contribution in [0.4, 0.5) is 4.39 Å². The summed E-state index contributed by atoms with van der Waals surface area (Å²) in [6.07, 6.45) is 10.9. The van der Waals surface area contributed by atoms with Gasteiger partial charge in [-0.2, -0.15) is 5.10 Å². The van der Waals surface area contributed by atoms with Gasteiger partial charge in [0.25, 0.3) is 5.91 Å². The summed E-state index contributed by atoms with van der Waals surface area (Å²) in [6, 6.07) is 15.9. The molecule has 2 aromatic carbocycles. The highest BCUT2D eigenvalue weighted by molar-refractivity contribution is 6.00. The predicted molar refractivity (Wildman–Crippen MR) is 176 cm³/mol. The van der Waals surface area contributed by atoms with E-state index in [1.807, 2.05) is 23.2 Å². The lowest BCUT2D eigenvalue weighted by Crippen LogP contribution is -2.41. The van der Waals surface area contributed by atoms with E-state index in [9.17, 15) is 9.18 Å². The second kappa shape index (κ2) is 10.8. The Morgan fingerprint density at radius 2 is 1.91 bits per heavy atom. The minimum Gasteiger partial charge on any atom is -0.494 e. The fourth-order valence-electron chi connectivity index (χ4n) is 7.75. The number of likely N-dealkylation sites (tertiary alicyclic amines) is 1. The van der Waals surface area contributed by atoms with Crippen molar-refractivity contribution in [1.82, 2.24) is 33.8 Å². The molecule has 10 nitrogen and oxygen atoms in total. The Kier molecular flexibility index (Phi) is 6.46. The number of para-hydroxylation sites is 1. The summed E-state index contributed by atoms with van der Waals surface area (Å²) in [5.74, 6) is 1.90. The Labute approximate surface area is 270 Å². The van der Waals surface area contributed by atoms with Gasteiger partial charge in [0.05, 0.1) is 49.1 Å². The zero-order chi connectivity index (χ0) is 31.8. The van der Waals surface area contributed by atoms with E-state index in [1.54, 1.807) is 24.2 Å². The van der Waals surface area contributed by atoms with Gasteiger partial charge in [0, 0.05) is 59.5 Å². The van der Waals surface area contributed by atoms with Gasteiger partial charge in [-0.3, -0.25) is 9.78 Å². The molecule has 2 saturated carbocycles. The fraction of sp³-hybridized carbons (Fsp3) is 0.333. The maximum Gasteiger partial charge on any atom is 0.254 e. The summed E-state index contributed by atoms with van der Waals surface area (Å²) in [5.41, 5.74) is 12.1. The average Bonchev–Trinajstić information content (AvgIpc) is 3.39. The number of ether oxygens (including phenoxy) is 1. The lowest BCUT2D eigenvalue weighted by Gasteiger charge is -2.27. The molecule has 2 aliphatic carbocycles. The Balaban J connectivity index is 1.20. The molecule has 47 heavy (non-hydrogen) atoms. The van der Waals surface area contributed by atoms with E-state index < -0.39 is 5.82 Å². The van der Waals surface area contributed by atoms with Crippen molar-refractivity contribution in [3.8, 4) is 23.0 Å². The van der Waals surface area contributed by atoms with Crippen molar-refractivity contribution in [3.63, 3.8) is 0 Å². The van der Waals surface area contributed by atoms with Crippen LogP contribution in [0, 0.1) is 17.7 Å². The van der Waals surface area contributed by atoms with Crippen molar-refractivity contribution in [3.05, 3.63) is 90.3 Å². The van der Waals surface area contributed by atoms with E-state index >= 15 is 0 Å². The molecule has 2 N–H and O–H groups in total. The lowest BCUT2D eigenvalue weighted by atomic mass is 10.1. The number of methoxy groups -OCH3 is 1. The van der Waals surface area contributed by atoms with E-state index in [0.29, 0.717) is 47.4 Å². The molecule has 3 aliphatic rings. The number of nitrogens with two attached hydrogens (primary N) is 1. The summed E-state index contributed by atoms with van der Waals surface area (Å²) >= 11 is 0. The van der Waals surface area contributed by atoms with E-state index in [-0.39, 0.29) is 18.0 Å². The second-order valence-electron chi connectivity index (χ2n) is 13.3. The molecule has 2 bridgehead atoms. The zero-order valence-corrected chi connectivity index (χ0v) is 26.1. The number of halogens is 1. The molecule has 238 valence electrons. The summed E-state index contributed by atoms with van der Waals surface area (Å²) in [7, 11) is 1.63. The topological polar surface area (TPSA) is 109 Å². The summed E-state index contributed by atoms with van der Waals surface area (Å²) in [4.78, 5) is 25.1. The SMILES string of the molecule is COc1cc(C(=O)N2CC3CCC2C3N)cc2nc(-c3cc4ccccc4n3CC3CC3)n(Cc3cnn(-c4cncc(F)c4)c3)c12. The number of aromatic nitrogens is 6. The number of amides is 1. The Morgan fingerprint density at radius 1 is 1.04 bits per heavy atom. The number of carbonyl (C=O) groups is 1. The molecule has 9 rings (SSSR count). The molecule has 0 radical (unpaired) electrons. The number of rotatable bonds is 8. The molecule has 3 unspecified atom stereocenters. The second-order valence-corrected chi connectivity index (χ2v) is 13.3. The smallest absolute Gasteiger partial charge is 0.254 e. The van der Waals surface area contributed by atoms with Crippen LogP contribution in [0.2, 0.25) is 0 Å². The van der Waals surface area contributed by atoms with Gasteiger partial charge in [-0.1, -0.05) is 18.2 Å². The molecule has 6 aromatic rings. The highest BCUT2D eigenvalue weighted by Gasteiger charge is 2.47. The first-order chi connectivity index (χ1) is 22.9. The van der Waals surface area contributed by atoms with Crippen LogP contribution in [-0.2, 0) is 13.1 Å². The largest absolute Gasteiger partial charge is 0.494 e. The van der Waals surface area contributed by atoms with Crippen LogP contribution in [0.15, 0.2) is 73.3 Å². The maximum atomic E-state index is 14.0. The van der Waals surface area contributed by atoms with E-state index in [1.165, 1.54) is 30.6 Å². The molecular formula is C36H35FN8O2. The fourth-order valence-corrected chi connectivity index (χ4v) is 7.75. The van der Waals surface area contributed by atoms with Gasteiger partial charge in [-0.15, -0.1) is 0 Å². The third-order valence-electron chi connectivity index (χ3n) is 10.3. The minimum atomic E-state index is -0.426. The number of fused-ring (bicyclic) bond motifs is 4. The van der Waals surface area contributed by atoms with Crippen LogP contribution >= 0.6 is 0 Å². The van der Waals surface area contributed by atoms with Crippen LogP contribution in [0.25, 0.3) is 39.1 Å². The van der Waals surface area contributed by atoms with Gasteiger partial charge in [-0.05, 0) is 61.8 Å². The molecule has 5 heterocycles. The number of carbonyl (C=O) groups excluding carboxylic acids is 1. The summed E-state index contributed by atoms with van der Waals surface area (Å²) < 4.78 is 26.1. The predicted octanol–water partition coefficient (Wildman–Crippen LogP) is 5.41. The first-order valence-corrected chi connectivity index (χ1v) is 16.3. The van der Waals surface area contributed by atoms with Crippen molar-refractivity contribution < 1.29 is 13.9 Å². The molecule has 0 spiro atoms. The quantitative estimate of drug-likeness (QED) is 0.241. The third-order valence-corrected chi connectivity index (χ3v) is 10.3. The first-order valence-electron chi connectivity index (χ1n) is 16.3. The van der Waals surface area contributed by atoms with Crippen molar-refractivity contribution in [2.75, 3.05) is 13.7 Å². The number of nitrogens with zero attached hydrogens (tertiary/aromatic N) is 7. The van der Waals surface area contributed by atoms with Crippen LogP contribution in [0.1, 0.15) is 41.6 Å². The van der Waals surface area contributed by atoms with Gasteiger partial charge in [0.1, 0.15) is 17.1 Å². The summed E-state index contributed by atoms with van der Waals surface area (Å²) in [5, 5.41) is 5.67. The third kappa shape index (κ3) is 4.71. The van der Waals surface area contributed by atoms with E-state index in [2.05, 4.69) is 49.5 Å². The number of pyridine rings is 1. The normalized spacial score (nSPS) is 20.6. The lowest BCUT2D eigenvalue weighted by molar-refractivity contribution is 0.0700. The van der Waals surface area contributed by atoms with Crippen LogP contribution in [0.5, 0.6) is 5.75 Å². The van der Waals surface area contributed by atoms with Gasteiger partial charge in [-0.25, -0.2) is 14.1 Å². The maximum absolute atomic E-state index is 14.0. The summed E-state index contributed by atoms with van der Waals surface area (Å²) in [6.45, 7) is 2.03. The molecule has 3 fully saturated rings. The zero-order valence-electron chi connectivity index (χ0n) is 26.1. The Hall–Kier alpha value is -5.03. The standard InChI is InChI=1S/C36H35FN8O2/c1-47-32-12-25(36(46)43-20-24-8-9-30(43)33(24)38)10-28-34(32)44(18-22-14-40-45(19-22)27-13-26(37)15-39-16-27)35(41-28)31-11-23-4-2-3-5-29(23)42(31)17-21-6-7-21/h2-5,10-16,19,21,24,30,33H,6-9,17-18,20,38H2,1H3. The average molecular weight is 631 g/mol. The Morgan fingerprint density at radius 3 is 2.68 bits per heavy atom. The molecule has 1 aliphatic heterocycles. The van der Waals surface area contributed by atoms with Crippen LogP contribution < -0.4 is 10.5 Å². The monoisotopic (exact) mass is 630 g/mol. The first kappa shape index (κ1) is 28.2. The Bertz CT molecular complexity index is 2180. The molecular weight excluding hydrogens is 595 g/mol.